The number of rotatable bonds is 2. The van der Waals surface area contributed by atoms with E-state index < -0.39 is 15.9 Å². The molecule has 0 radical (unpaired) electrons. The van der Waals surface area contributed by atoms with Crippen LogP contribution in [-0.2, 0) is 16.4 Å². The number of carbonyl (C=O) groups excluding carboxylic acids is 1. The topological polar surface area (TPSA) is 96.6 Å². The normalized spacial score (nSPS) is 14.0. The number of urea groups is 1. The number of hydrogen-bond donors (Lipinski definition) is 1. The van der Waals surface area contributed by atoms with Crippen LogP contribution in [0.25, 0.3) is 0 Å². The lowest BCUT2D eigenvalue weighted by atomic mass is 10.2. The Kier molecular flexibility index (Phi) is 4.06. The zero-order valence-corrected chi connectivity index (χ0v) is 14.7. The molecule has 1 aliphatic heterocycles. The van der Waals surface area contributed by atoms with Crippen LogP contribution >= 0.6 is 23.2 Å². The van der Waals surface area contributed by atoms with Gasteiger partial charge in [-0.2, -0.15) is 0 Å². The van der Waals surface area contributed by atoms with E-state index in [1.54, 1.807) is 12.3 Å². The second kappa shape index (κ2) is 5.80. The summed E-state index contributed by atoms with van der Waals surface area (Å²) in [5, 5.41) is 2.90. The zero-order valence-electron chi connectivity index (χ0n) is 12.4. The van der Waals surface area contributed by atoms with Crippen molar-refractivity contribution < 1.29 is 13.2 Å². The molecule has 126 valence electrons. The van der Waals surface area contributed by atoms with Gasteiger partial charge >= 0.3 is 6.03 Å². The second-order valence-corrected chi connectivity index (χ2v) is 8.05. The van der Waals surface area contributed by atoms with Crippen LogP contribution in [0.15, 0.2) is 35.5 Å². The minimum Gasteiger partial charge on any atom is -0.350 e. The first-order chi connectivity index (χ1) is 11.2. The largest absolute Gasteiger partial charge is 0.350 e. The van der Waals surface area contributed by atoms with Gasteiger partial charge in [-0.1, -0.05) is 23.2 Å². The Hall–Kier alpha value is -2.03. The fourth-order valence-corrected chi connectivity index (χ4v) is 4.01. The number of hydrogen-bond acceptors (Lipinski definition) is 5. The van der Waals surface area contributed by atoms with Gasteiger partial charge in [0, 0.05) is 24.2 Å². The van der Waals surface area contributed by atoms with Gasteiger partial charge in [0.25, 0.3) is 0 Å². The van der Waals surface area contributed by atoms with Crippen molar-refractivity contribution in [2.45, 2.75) is 11.4 Å². The number of fused-ring (bicyclic) bond motifs is 1. The molecule has 0 unspecified atom stereocenters. The molecular weight excluding hydrogens is 375 g/mol. The van der Waals surface area contributed by atoms with Gasteiger partial charge in [-0.25, -0.2) is 18.2 Å². The molecule has 2 amide bonds. The third-order valence-electron chi connectivity index (χ3n) is 3.55. The van der Waals surface area contributed by atoms with E-state index in [0.717, 1.165) is 11.8 Å². The number of amides is 2. The highest BCUT2D eigenvalue weighted by Gasteiger charge is 2.34. The summed E-state index contributed by atoms with van der Waals surface area (Å²) in [5.74, 6) is 0. The molecule has 2 aromatic rings. The van der Waals surface area contributed by atoms with Crippen molar-refractivity contribution in [1.82, 2.24) is 4.98 Å². The van der Waals surface area contributed by atoms with Gasteiger partial charge in [0.05, 0.1) is 32.9 Å². The average molecular weight is 387 g/mol. The maximum absolute atomic E-state index is 11.9. The summed E-state index contributed by atoms with van der Waals surface area (Å²) >= 11 is 12.5. The zero-order chi connectivity index (χ0) is 17.6. The van der Waals surface area contributed by atoms with Crippen LogP contribution in [0.1, 0.15) is 5.56 Å². The molecule has 10 heteroatoms. The quantitative estimate of drug-likeness (QED) is 0.855. The SMILES string of the molecule is CS(=O)(=O)c1cc(Cl)c(N2Cc3cnccc3N2C(N)=O)c(Cl)c1. The predicted octanol–water partition coefficient (Wildman–Crippen LogP) is 2.61. The van der Waals surface area contributed by atoms with Crippen molar-refractivity contribution in [2.75, 3.05) is 16.3 Å². The molecule has 2 heterocycles. The van der Waals surface area contributed by atoms with E-state index in [9.17, 15) is 13.2 Å². The Balaban J connectivity index is 2.15. The number of hydrazine groups is 1. The van der Waals surface area contributed by atoms with Crippen molar-refractivity contribution in [3.63, 3.8) is 0 Å². The van der Waals surface area contributed by atoms with Gasteiger partial charge in [-0.05, 0) is 18.2 Å². The van der Waals surface area contributed by atoms with Crippen LogP contribution in [0.5, 0.6) is 0 Å². The van der Waals surface area contributed by atoms with Crippen LogP contribution < -0.4 is 15.8 Å². The highest BCUT2D eigenvalue weighted by atomic mass is 35.5. The van der Waals surface area contributed by atoms with Crippen LogP contribution in [0.4, 0.5) is 16.2 Å². The summed E-state index contributed by atoms with van der Waals surface area (Å²) in [5.41, 5.74) is 7.10. The molecule has 1 aromatic heterocycles. The Morgan fingerprint density at radius 2 is 1.92 bits per heavy atom. The van der Waals surface area contributed by atoms with E-state index in [4.69, 9.17) is 28.9 Å². The lowest BCUT2D eigenvalue weighted by Gasteiger charge is -2.30. The van der Waals surface area contributed by atoms with E-state index in [0.29, 0.717) is 11.4 Å². The van der Waals surface area contributed by atoms with Crippen molar-refractivity contribution >= 4 is 50.4 Å². The fraction of sp³-hybridized carbons (Fsp3) is 0.143. The number of pyridine rings is 1. The first-order valence-electron chi connectivity index (χ1n) is 6.69. The maximum Gasteiger partial charge on any atom is 0.338 e. The molecule has 7 nitrogen and oxygen atoms in total. The summed E-state index contributed by atoms with van der Waals surface area (Å²) in [6, 6.07) is 3.50. The molecule has 0 spiro atoms. The summed E-state index contributed by atoms with van der Waals surface area (Å²) in [7, 11) is -3.47. The van der Waals surface area contributed by atoms with E-state index in [2.05, 4.69) is 4.98 Å². The molecule has 0 saturated heterocycles. The maximum atomic E-state index is 11.9. The minimum atomic E-state index is -3.47. The lowest BCUT2D eigenvalue weighted by molar-refractivity contribution is 0.253. The molecule has 0 fully saturated rings. The number of nitrogens with zero attached hydrogens (tertiary/aromatic N) is 3. The van der Waals surface area contributed by atoms with Gasteiger partial charge in [0.1, 0.15) is 0 Å². The van der Waals surface area contributed by atoms with E-state index >= 15 is 0 Å². The number of aromatic nitrogens is 1. The molecule has 0 atom stereocenters. The smallest absolute Gasteiger partial charge is 0.338 e. The Bertz CT molecular complexity index is 926. The van der Waals surface area contributed by atoms with Gasteiger partial charge in [-0.3, -0.25) is 9.99 Å². The van der Waals surface area contributed by atoms with Crippen molar-refractivity contribution in [3.8, 4) is 0 Å². The van der Waals surface area contributed by atoms with Gasteiger partial charge in [0.2, 0.25) is 0 Å². The second-order valence-electron chi connectivity index (χ2n) is 5.22. The number of benzene rings is 1. The molecule has 3 rings (SSSR count). The molecule has 0 aliphatic carbocycles. The third-order valence-corrected chi connectivity index (χ3v) is 5.22. The van der Waals surface area contributed by atoms with Gasteiger partial charge in [0.15, 0.2) is 9.84 Å². The van der Waals surface area contributed by atoms with Crippen LogP contribution in [0, 0.1) is 0 Å². The summed E-state index contributed by atoms with van der Waals surface area (Å²) in [6.45, 7) is 0.268. The van der Waals surface area contributed by atoms with Crippen LogP contribution in [0.3, 0.4) is 0 Å². The molecule has 1 aliphatic rings. The average Bonchev–Trinajstić information content (AvgIpc) is 2.84. The van der Waals surface area contributed by atoms with E-state index in [-0.39, 0.29) is 21.5 Å². The highest BCUT2D eigenvalue weighted by molar-refractivity contribution is 7.90. The summed E-state index contributed by atoms with van der Waals surface area (Å²) < 4.78 is 23.4. The Morgan fingerprint density at radius 1 is 1.29 bits per heavy atom. The Labute approximate surface area is 148 Å². The van der Waals surface area contributed by atoms with Crippen molar-refractivity contribution in [1.29, 1.82) is 0 Å². The first-order valence-corrected chi connectivity index (χ1v) is 9.34. The van der Waals surface area contributed by atoms with Crippen LogP contribution in [-0.4, -0.2) is 25.7 Å². The number of anilines is 2. The summed E-state index contributed by atoms with van der Waals surface area (Å²) in [6.07, 6.45) is 4.20. The molecule has 0 bridgehead atoms. The summed E-state index contributed by atoms with van der Waals surface area (Å²) in [4.78, 5) is 15.9. The monoisotopic (exact) mass is 386 g/mol. The molecule has 2 N–H and O–H groups in total. The van der Waals surface area contributed by atoms with Crippen LogP contribution in [0.2, 0.25) is 10.0 Å². The molecule has 24 heavy (non-hydrogen) atoms. The molecule has 1 aromatic carbocycles. The Morgan fingerprint density at radius 3 is 2.46 bits per heavy atom. The van der Waals surface area contributed by atoms with Gasteiger partial charge in [-0.15, -0.1) is 0 Å². The number of primary amides is 1. The van der Waals surface area contributed by atoms with E-state index in [1.165, 1.54) is 28.3 Å². The van der Waals surface area contributed by atoms with Crippen molar-refractivity contribution in [3.05, 3.63) is 46.2 Å². The third kappa shape index (κ3) is 2.77. The fourth-order valence-electron chi connectivity index (χ4n) is 2.53. The number of carbonyl (C=O) groups is 1. The van der Waals surface area contributed by atoms with E-state index in [1.807, 2.05) is 0 Å². The predicted molar refractivity (Wildman–Crippen MR) is 92.1 cm³/mol. The standard InChI is InChI=1S/C14H12Cl2N4O3S/c1-24(22,23)9-4-10(15)13(11(16)5-9)19-7-8-6-18-3-2-12(8)20(19)14(17)21/h2-6H,7H2,1H3,(H2,17,21). The van der Waals surface area contributed by atoms with Crippen molar-refractivity contribution in [2.24, 2.45) is 5.73 Å². The first kappa shape index (κ1) is 16.8. The highest BCUT2D eigenvalue weighted by Crippen LogP contribution is 2.42. The lowest BCUT2D eigenvalue weighted by Crippen LogP contribution is -2.46. The minimum absolute atomic E-state index is 0.00903. The molecular formula is C14H12Cl2N4O3S. The van der Waals surface area contributed by atoms with Gasteiger partial charge < -0.3 is 5.73 Å². The molecule has 0 saturated carbocycles. The number of nitrogens with two attached hydrogens (primary N) is 1. The number of halogens is 2. The number of sulfone groups is 1.